The van der Waals surface area contributed by atoms with E-state index in [2.05, 4.69) is 173 Å². The molecule has 0 bridgehead atoms. The highest BCUT2D eigenvalue weighted by Crippen LogP contribution is 2.49. The van der Waals surface area contributed by atoms with Gasteiger partial charge in [0.25, 0.3) is 6.71 Å². The Kier molecular flexibility index (Phi) is 7.45. The molecule has 2 aromatic heterocycles. The Labute approximate surface area is 400 Å². The van der Waals surface area contributed by atoms with Gasteiger partial charge in [0.2, 0.25) is 0 Å². The highest BCUT2D eigenvalue weighted by atomic mass is 15.0. The van der Waals surface area contributed by atoms with Crippen molar-refractivity contribution in [1.29, 1.82) is 0 Å². The van der Waals surface area contributed by atoms with E-state index in [0.29, 0.717) is 11.8 Å². The van der Waals surface area contributed by atoms with Crippen LogP contribution >= 0.6 is 0 Å². The molecule has 0 unspecified atom stereocenters. The minimum absolute atomic E-state index is 0.0645. The van der Waals surface area contributed by atoms with Gasteiger partial charge >= 0.3 is 0 Å². The normalized spacial score (nSPS) is 16.3. The van der Waals surface area contributed by atoms with Gasteiger partial charge in [-0.3, -0.25) is 0 Å². The van der Waals surface area contributed by atoms with Crippen molar-refractivity contribution in [2.45, 2.75) is 76.0 Å². The van der Waals surface area contributed by atoms with Crippen LogP contribution in [0.1, 0.15) is 87.2 Å². The van der Waals surface area contributed by atoms with Crippen LogP contribution in [0.15, 0.2) is 164 Å². The number of rotatable bonds is 2. The molecule has 11 aromatic carbocycles. The molecular weight excluding hydrogens is 832 g/mol. The SMILES string of the molecule is c1cc2c3c(c1)-n1c4c(cc5c6ccccc6c6ccccc6c5c4c4ccc5c6ccccc6c6ccccc6c5c41)B3c1cc(C3CCCCC3)cc3c4cc(C5CCCCC5)ccc4n-2c13. The van der Waals surface area contributed by atoms with Gasteiger partial charge in [0, 0.05) is 49.2 Å². The standard InChI is InChI=1S/C66H49BN2/c1-3-16-38(17-4-1)40-30-33-57-52(34-40)54-35-41(39-18-5-2-6-19-39)36-55-64(54)68(57)58-28-15-29-59-63(58)67(55)56-37-53-47-25-10-8-21-43(47)44-22-11-13-26-48(44)60(53)62-51-32-31-50-46-24-9-7-20-42(46)45-23-12-14-27-49(45)61(50)65(51)69(59)66(56)62/h7-15,20-39H,1-6,16-19H2. The van der Waals surface area contributed by atoms with Crippen LogP contribution in [0.25, 0.3) is 120 Å². The van der Waals surface area contributed by atoms with Crippen molar-refractivity contribution in [3.8, 4) is 11.4 Å². The predicted octanol–water partition coefficient (Wildman–Crippen LogP) is 16.0. The molecule has 2 aliphatic heterocycles. The number of fused-ring (bicyclic) bond motifs is 24. The van der Waals surface area contributed by atoms with Crippen molar-refractivity contribution >= 4 is 131 Å². The molecule has 2 aliphatic carbocycles. The lowest BCUT2D eigenvalue weighted by Crippen LogP contribution is -2.59. The summed E-state index contributed by atoms with van der Waals surface area (Å²) in [5, 5.41) is 21.6. The van der Waals surface area contributed by atoms with Crippen LogP contribution in [-0.2, 0) is 0 Å². The maximum atomic E-state index is 2.77. The summed E-state index contributed by atoms with van der Waals surface area (Å²) in [4.78, 5) is 0. The Morgan fingerprint density at radius 2 is 0.826 bits per heavy atom. The van der Waals surface area contributed by atoms with Crippen LogP contribution in [0.3, 0.4) is 0 Å². The molecule has 0 N–H and O–H groups in total. The third kappa shape index (κ3) is 4.79. The van der Waals surface area contributed by atoms with Crippen LogP contribution in [-0.4, -0.2) is 15.8 Å². The lowest BCUT2D eigenvalue weighted by molar-refractivity contribution is 0.444. The second-order valence-electron chi connectivity index (χ2n) is 21.4. The van der Waals surface area contributed by atoms with Crippen LogP contribution in [0.4, 0.5) is 0 Å². The first kappa shape index (κ1) is 37.6. The second kappa shape index (κ2) is 13.7. The zero-order valence-electron chi connectivity index (χ0n) is 38.8. The number of nitrogens with zero attached hydrogens (tertiary/aromatic N) is 2. The predicted molar refractivity (Wildman–Crippen MR) is 296 cm³/mol. The van der Waals surface area contributed by atoms with Crippen LogP contribution in [0, 0.1) is 0 Å². The summed E-state index contributed by atoms with van der Waals surface area (Å²) < 4.78 is 5.48. The van der Waals surface area contributed by atoms with Crippen LogP contribution in [0.5, 0.6) is 0 Å². The maximum absolute atomic E-state index is 2.77. The summed E-state index contributed by atoms with van der Waals surface area (Å²) in [6, 6.07) is 64.7. The minimum atomic E-state index is 0.0645. The molecule has 4 heterocycles. The van der Waals surface area contributed by atoms with E-state index in [1.54, 1.807) is 11.1 Å². The first-order chi connectivity index (χ1) is 34.3. The second-order valence-corrected chi connectivity index (χ2v) is 21.4. The molecule has 4 aliphatic rings. The fourth-order valence-corrected chi connectivity index (χ4v) is 15.3. The van der Waals surface area contributed by atoms with E-state index in [-0.39, 0.29) is 6.71 Å². The number of hydrogen-bond donors (Lipinski definition) is 0. The molecule has 0 saturated heterocycles. The van der Waals surface area contributed by atoms with E-state index in [0.717, 1.165) is 0 Å². The first-order valence-electron chi connectivity index (χ1n) is 26.1. The topological polar surface area (TPSA) is 9.86 Å². The monoisotopic (exact) mass is 880 g/mol. The van der Waals surface area contributed by atoms with Gasteiger partial charge in [0.05, 0.1) is 16.6 Å². The number of hydrogen-bond acceptors (Lipinski definition) is 0. The average Bonchev–Trinajstić information content (AvgIpc) is 3.95. The Morgan fingerprint density at radius 3 is 1.48 bits per heavy atom. The minimum Gasteiger partial charge on any atom is -0.310 e. The first-order valence-corrected chi connectivity index (χ1v) is 26.1. The van der Waals surface area contributed by atoms with E-state index >= 15 is 0 Å². The zero-order valence-corrected chi connectivity index (χ0v) is 38.8. The van der Waals surface area contributed by atoms with Gasteiger partial charge in [0.15, 0.2) is 0 Å². The van der Waals surface area contributed by atoms with Crippen LogP contribution < -0.4 is 16.4 Å². The third-order valence-electron chi connectivity index (χ3n) is 18.2. The largest absolute Gasteiger partial charge is 0.310 e. The van der Waals surface area contributed by atoms with Gasteiger partial charge in [-0.25, -0.2) is 0 Å². The molecule has 13 aromatic rings. The van der Waals surface area contributed by atoms with Gasteiger partial charge in [-0.15, -0.1) is 0 Å². The molecule has 2 nitrogen and oxygen atoms in total. The average molecular weight is 881 g/mol. The Morgan fingerprint density at radius 1 is 0.319 bits per heavy atom. The van der Waals surface area contributed by atoms with Crippen LogP contribution in [0.2, 0.25) is 0 Å². The van der Waals surface area contributed by atoms with Gasteiger partial charge in [-0.05, 0) is 149 Å². The number of aromatic nitrogens is 2. The van der Waals surface area contributed by atoms with E-state index in [4.69, 9.17) is 0 Å². The molecule has 0 radical (unpaired) electrons. The van der Waals surface area contributed by atoms with E-state index in [1.807, 2.05) is 0 Å². The van der Waals surface area contributed by atoms with Gasteiger partial charge in [0.1, 0.15) is 0 Å². The molecule has 69 heavy (non-hydrogen) atoms. The van der Waals surface area contributed by atoms with Gasteiger partial charge < -0.3 is 9.13 Å². The lowest BCUT2D eigenvalue weighted by Gasteiger charge is -2.34. The maximum Gasteiger partial charge on any atom is 0.252 e. The summed E-state index contributed by atoms with van der Waals surface area (Å²) in [6.07, 6.45) is 13.3. The highest BCUT2D eigenvalue weighted by Gasteiger charge is 2.42. The van der Waals surface area contributed by atoms with Crippen molar-refractivity contribution < 1.29 is 0 Å². The third-order valence-corrected chi connectivity index (χ3v) is 18.2. The fraction of sp³-hybridized carbons (Fsp3) is 0.182. The molecule has 2 fully saturated rings. The smallest absolute Gasteiger partial charge is 0.252 e. The zero-order chi connectivity index (χ0) is 44.6. The number of benzene rings is 11. The molecule has 2 saturated carbocycles. The molecule has 0 amide bonds. The lowest BCUT2D eigenvalue weighted by atomic mass is 9.34. The Bertz CT molecular complexity index is 4420. The van der Waals surface area contributed by atoms with Gasteiger partial charge in [-0.1, -0.05) is 172 Å². The summed E-state index contributed by atoms with van der Waals surface area (Å²) in [5.74, 6) is 1.24. The summed E-state index contributed by atoms with van der Waals surface area (Å²) in [7, 11) is 0. The molecule has 3 heteroatoms. The summed E-state index contributed by atoms with van der Waals surface area (Å²) in [5.41, 5.74) is 15.6. The summed E-state index contributed by atoms with van der Waals surface area (Å²) >= 11 is 0. The molecule has 326 valence electrons. The van der Waals surface area contributed by atoms with Crippen molar-refractivity contribution in [3.05, 3.63) is 175 Å². The molecule has 0 atom stereocenters. The summed E-state index contributed by atoms with van der Waals surface area (Å²) in [6.45, 7) is 0.0645. The molecule has 0 spiro atoms. The Hall–Kier alpha value is -7.36. The van der Waals surface area contributed by atoms with E-state index < -0.39 is 0 Å². The molecule has 17 rings (SSSR count). The van der Waals surface area contributed by atoms with Crippen molar-refractivity contribution in [2.24, 2.45) is 0 Å². The van der Waals surface area contributed by atoms with Crippen molar-refractivity contribution in [1.82, 2.24) is 9.13 Å². The van der Waals surface area contributed by atoms with E-state index in [9.17, 15) is 0 Å². The van der Waals surface area contributed by atoms with Gasteiger partial charge in [-0.2, -0.15) is 0 Å². The fourth-order valence-electron chi connectivity index (χ4n) is 15.3. The Balaban J connectivity index is 1.11. The van der Waals surface area contributed by atoms with E-state index in [1.165, 1.54) is 200 Å². The highest BCUT2D eigenvalue weighted by molar-refractivity contribution is 7.00. The quantitative estimate of drug-likeness (QED) is 0.121. The van der Waals surface area contributed by atoms with Crippen molar-refractivity contribution in [3.63, 3.8) is 0 Å². The molecular formula is C66H49BN2. The van der Waals surface area contributed by atoms with Crippen molar-refractivity contribution in [2.75, 3.05) is 0 Å².